The van der Waals surface area contributed by atoms with Gasteiger partial charge in [0.1, 0.15) is 11.9 Å². The molecule has 0 amide bonds. The van der Waals surface area contributed by atoms with Gasteiger partial charge in [0.05, 0.1) is 11.8 Å². The first kappa shape index (κ1) is 22.6. The number of unbranched alkanes of at least 4 members (excludes halogenated alkanes) is 1. The van der Waals surface area contributed by atoms with Gasteiger partial charge in [0.2, 0.25) is 5.88 Å². The molecular weight excluding hydrogens is 410 g/mol. The van der Waals surface area contributed by atoms with Gasteiger partial charge in [0, 0.05) is 23.7 Å². The summed E-state index contributed by atoms with van der Waals surface area (Å²) in [7, 11) is 2.26. The molecule has 1 aromatic carbocycles. The van der Waals surface area contributed by atoms with Crippen LogP contribution in [0.15, 0.2) is 30.3 Å². The van der Waals surface area contributed by atoms with Crippen LogP contribution < -0.4 is 9.47 Å². The van der Waals surface area contributed by atoms with E-state index in [0.717, 1.165) is 49.1 Å². The molecule has 3 aliphatic rings. The van der Waals surface area contributed by atoms with Gasteiger partial charge < -0.3 is 14.4 Å². The second kappa shape index (κ2) is 10.4. The smallest absolute Gasteiger partial charge is 0.234 e. The summed E-state index contributed by atoms with van der Waals surface area (Å²) in [5.74, 6) is 1.64. The molecule has 5 nitrogen and oxygen atoms in total. The summed E-state index contributed by atoms with van der Waals surface area (Å²) in [6.45, 7) is 2.22. The number of hydrogen-bond acceptors (Lipinski definition) is 5. The first-order valence-electron chi connectivity index (χ1n) is 13.2. The lowest BCUT2D eigenvalue weighted by Gasteiger charge is -2.36. The van der Waals surface area contributed by atoms with E-state index in [1.165, 1.54) is 50.5 Å². The molecule has 1 saturated carbocycles. The van der Waals surface area contributed by atoms with Crippen LogP contribution in [0.1, 0.15) is 83.2 Å². The number of aryl methyl sites for hydroxylation is 1. The predicted octanol–water partition coefficient (Wildman–Crippen LogP) is 6.20. The van der Waals surface area contributed by atoms with Crippen LogP contribution in [0, 0.1) is 0 Å². The Balaban J connectivity index is 1.32. The molecule has 1 aromatic heterocycles. The molecule has 2 saturated heterocycles. The maximum atomic E-state index is 6.41. The average Bonchev–Trinajstić information content (AvgIpc) is 3.04. The molecule has 0 N–H and O–H groups in total. The molecule has 33 heavy (non-hydrogen) atoms. The molecule has 5 heteroatoms. The van der Waals surface area contributed by atoms with Crippen molar-refractivity contribution < 1.29 is 9.47 Å². The second-order valence-electron chi connectivity index (χ2n) is 10.3. The van der Waals surface area contributed by atoms with Gasteiger partial charge in [0.15, 0.2) is 0 Å². The third-order valence-electron chi connectivity index (χ3n) is 7.98. The molecule has 2 atom stereocenters. The zero-order valence-electron chi connectivity index (χ0n) is 20.3. The van der Waals surface area contributed by atoms with Crippen molar-refractivity contribution in [2.75, 3.05) is 7.05 Å². The molecule has 3 heterocycles. The van der Waals surface area contributed by atoms with E-state index in [0.29, 0.717) is 24.1 Å². The quantitative estimate of drug-likeness (QED) is 0.480. The van der Waals surface area contributed by atoms with Crippen LogP contribution >= 0.6 is 0 Å². The van der Waals surface area contributed by atoms with E-state index in [2.05, 4.69) is 59.4 Å². The highest BCUT2D eigenvalue weighted by molar-refractivity contribution is 5.67. The highest BCUT2D eigenvalue weighted by Crippen LogP contribution is 2.36. The van der Waals surface area contributed by atoms with Gasteiger partial charge >= 0.3 is 0 Å². The van der Waals surface area contributed by atoms with E-state index >= 15 is 0 Å². The predicted molar refractivity (Wildman–Crippen MR) is 132 cm³/mol. The molecule has 3 fully saturated rings. The van der Waals surface area contributed by atoms with Crippen molar-refractivity contribution >= 4 is 0 Å². The molecule has 178 valence electrons. The van der Waals surface area contributed by atoms with Gasteiger partial charge in [-0.05, 0) is 89.0 Å². The largest absolute Gasteiger partial charge is 0.490 e. The average molecular weight is 450 g/mol. The summed E-state index contributed by atoms with van der Waals surface area (Å²) in [6, 6.07) is 12.0. The van der Waals surface area contributed by atoms with Crippen molar-refractivity contribution in [3.8, 4) is 22.8 Å². The normalized spacial score (nSPS) is 25.8. The zero-order valence-corrected chi connectivity index (χ0v) is 20.3. The number of fused-ring (bicyclic) bond motifs is 2. The van der Waals surface area contributed by atoms with Crippen molar-refractivity contribution in [3.05, 3.63) is 36.0 Å². The Morgan fingerprint density at radius 1 is 0.879 bits per heavy atom. The SMILES string of the molecule is CCCCc1nnc(OC2CC3CCC(C2)N3C)cc1-c1ccc(OC2CCCCC2)cc1. The highest BCUT2D eigenvalue weighted by atomic mass is 16.5. The minimum Gasteiger partial charge on any atom is -0.490 e. The number of ether oxygens (including phenoxy) is 2. The van der Waals surface area contributed by atoms with Crippen molar-refractivity contribution in [3.63, 3.8) is 0 Å². The molecule has 1 aliphatic carbocycles. The number of piperidine rings is 1. The fourth-order valence-electron chi connectivity index (χ4n) is 5.95. The van der Waals surface area contributed by atoms with Crippen LogP contribution in [-0.2, 0) is 6.42 Å². The minimum absolute atomic E-state index is 0.244. The first-order chi connectivity index (χ1) is 16.2. The summed E-state index contributed by atoms with van der Waals surface area (Å²) in [6.07, 6.45) is 14.9. The Kier molecular flexibility index (Phi) is 7.15. The standard InChI is InChI=1S/C28H39N3O2/c1-3-4-10-27-26(20-11-15-24(16-12-20)32-23-8-6-5-7-9-23)19-28(30-29-27)33-25-17-21-13-14-22(18-25)31(21)2/h11-12,15-16,19,21-23,25H,3-10,13-14,17-18H2,1-2H3. The van der Waals surface area contributed by atoms with Crippen LogP contribution in [0.3, 0.4) is 0 Å². The Morgan fingerprint density at radius 2 is 1.61 bits per heavy atom. The lowest BCUT2D eigenvalue weighted by molar-refractivity contribution is 0.0626. The highest BCUT2D eigenvalue weighted by Gasteiger charge is 2.39. The molecule has 2 aromatic rings. The van der Waals surface area contributed by atoms with Crippen LogP contribution in [-0.4, -0.2) is 46.4 Å². The fraction of sp³-hybridized carbons (Fsp3) is 0.643. The third kappa shape index (κ3) is 5.34. The minimum atomic E-state index is 0.244. The Bertz CT molecular complexity index is 896. The van der Waals surface area contributed by atoms with Crippen molar-refractivity contribution in [1.82, 2.24) is 15.1 Å². The monoisotopic (exact) mass is 449 g/mol. The zero-order chi connectivity index (χ0) is 22.6. The van der Waals surface area contributed by atoms with E-state index in [1.54, 1.807) is 0 Å². The summed E-state index contributed by atoms with van der Waals surface area (Å²) in [5, 5.41) is 9.11. The maximum absolute atomic E-state index is 6.41. The van der Waals surface area contributed by atoms with Crippen LogP contribution in [0.25, 0.3) is 11.1 Å². The molecule has 5 rings (SSSR count). The fourth-order valence-corrected chi connectivity index (χ4v) is 5.95. The lowest BCUT2D eigenvalue weighted by atomic mass is 9.97. The van der Waals surface area contributed by atoms with E-state index < -0.39 is 0 Å². The van der Waals surface area contributed by atoms with Gasteiger partial charge in [-0.25, -0.2) is 0 Å². The summed E-state index contributed by atoms with van der Waals surface area (Å²) in [5.41, 5.74) is 3.38. The van der Waals surface area contributed by atoms with E-state index in [-0.39, 0.29) is 6.10 Å². The van der Waals surface area contributed by atoms with E-state index in [9.17, 15) is 0 Å². The topological polar surface area (TPSA) is 47.5 Å². The maximum Gasteiger partial charge on any atom is 0.234 e. The van der Waals surface area contributed by atoms with E-state index in [1.807, 2.05) is 0 Å². The van der Waals surface area contributed by atoms with Gasteiger partial charge in [0.25, 0.3) is 0 Å². The number of nitrogens with zero attached hydrogens (tertiary/aromatic N) is 3. The van der Waals surface area contributed by atoms with Crippen LogP contribution in [0.5, 0.6) is 11.6 Å². The van der Waals surface area contributed by atoms with Gasteiger partial charge in [-0.1, -0.05) is 31.9 Å². The molecule has 2 unspecified atom stereocenters. The molecule has 0 radical (unpaired) electrons. The molecule has 0 spiro atoms. The number of rotatable bonds is 8. The van der Waals surface area contributed by atoms with Crippen LogP contribution in [0.2, 0.25) is 0 Å². The van der Waals surface area contributed by atoms with Crippen molar-refractivity contribution in [1.29, 1.82) is 0 Å². The number of benzene rings is 1. The molecule has 2 bridgehead atoms. The second-order valence-corrected chi connectivity index (χ2v) is 10.3. The Morgan fingerprint density at radius 3 is 2.30 bits per heavy atom. The number of hydrogen-bond donors (Lipinski definition) is 0. The van der Waals surface area contributed by atoms with Gasteiger partial charge in [-0.15, -0.1) is 5.10 Å². The summed E-state index contributed by atoms with van der Waals surface area (Å²) in [4.78, 5) is 2.54. The third-order valence-corrected chi connectivity index (χ3v) is 7.98. The first-order valence-corrected chi connectivity index (χ1v) is 13.2. The molecular formula is C28H39N3O2. The summed E-state index contributed by atoms with van der Waals surface area (Å²) < 4.78 is 12.6. The lowest BCUT2D eigenvalue weighted by Crippen LogP contribution is -2.43. The molecule has 2 aliphatic heterocycles. The van der Waals surface area contributed by atoms with Gasteiger partial charge in [-0.2, -0.15) is 5.10 Å². The Hall–Kier alpha value is -2.14. The van der Waals surface area contributed by atoms with Crippen molar-refractivity contribution in [2.45, 2.75) is 108 Å². The van der Waals surface area contributed by atoms with Crippen LogP contribution in [0.4, 0.5) is 0 Å². The van der Waals surface area contributed by atoms with E-state index in [4.69, 9.17) is 9.47 Å². The van der Waals surface area contributed by atoms with Crippen molar-refractivity contribution in [2.24, 2.45) is 0 Å². The Labute approximate surface area is 198 Å². The summed E-state index contributed by atoms with van der Waals surface area (Å²) >= 11 is 0. The van der Waals surface area contributed by atoms with Gasteiger partial charge in [-0.3, -0.25) is 0 Å². The number of aromatic nitrogens is 2.